The number of nitrogens with two attached hydrogens (primary N) is 1. The maximum absolute atomic E-state index is 10.5. The number of carbonyl (C=O) groups is 1. The van der Waals surface area contributed by atoms with Crippen LogP contribution in [-0.2, 0) is 4.79 Å². The van der Waals surface area contributed by atoms with E-state index >= 15 is 0 Å². The molecule has 6 nitrogen and oxygen atoms in total. The molecular formula is C7H7N5OS. The monoisotopic (exact) mass is 209 g/mol. The number of nitrogens with zero attached hydrogens (tertiary/aromatic N) is 3. The largest absolute Gasteiger partial charge is 0.369 e. The molecule has 14 heavy (non-hydrogen) atoms. The molecule has 0 aliphatic heterocycles. The molecule has 0 saturated heterocycles. The van der Waals surface area contributed by atoms with Gasteiger partial charge in [0.05, 0.1) is 11.9 Å². The van der Waals surface area contributed by atoms with E-state index in [1.54, 1.807) is 6.20 Å². The van der Waals surface area contributed by atoms with Gasteiger partial charge < -0.3 is 10.7 Å². The van der Waals surface area contributed by atoms with Crippen LogP contribution in [0.1, 0.15) is 0 Å². The van der Waals surface area contributed by atoms with Crippen molar-refractivity contribution >= 4 is 28.8 Å². The summed E-state index contributed by atoms with van der Waals surface area (Å²) < 4.78 is 0. The molecule has 0 aliphatic carbocycles. The fraction of sp³-hybridized carbons (Fsp3) is 0.143. The van der Waals surface area contributed by atoms with Crippen molar-refractivity contribution in [1.82, 2.24) is 19.9 Å². The van der Waals surface area contributed by atoms with Gasteiger partial charge in [0.1, 0.15) is 11.8 Å². The molecule has 2 heterocycles. The van der Waals surface area contributed by atoms with Gasteiger partial charge in [0.15, 0.2) is 10.8 Å². The number of imidazole rings is 1. The van der Waals surface area contributed by atoms with E-state index in [9.17, 15) is 4.79 Å². The molecule has 2 aromatic heterocycles. The highest BCUT2D eigenvalue weighted by Gasteiger charge is 2.04. The second kappa shape index (κ2) is 3.62. The summed E-state index contributed by atoms with van der Waals surface area (Å²) in [6.07, 6.45) is 3.05. The molecular weight excluding hydrogens is 202 g/mol. The van der Waals surface area contributed by atoms with Crippen molar-refractivity contribution in [2.24, 2.45) is 5.73 Å². The summed E-state index contributed by atoms with van der Waals surface area (Å²) in [7, 11) is 0. The Morgan fingerprint density at radius 3 is 3.21 bits per heavy atom. The number of aromatic nitrogens is 4. The first-order valence-corrected chi connectivity index (χ1v) is 4.81. The van der Waals surface area contributed by atoms with Gasteiger partial charge in [-0.15, -0.1) is 0 Å². The Hall–Kier alpha value is -1.63. The molecule has 0 aromatic carbocycles. The first kappa shape index (κ1) is 8.95. The number of amides is 1. The van der Waals surface area contributed by atoms with Crippen molar-refractivity contribution in [2.45, 2.75) is 5.16 Å². The molecule has 7 heteroatoms. The van der Waals surface area contributed by atoms with Gasteiger partial charge in [0, 0.05) is 0 Å². The van der Waals surface area contributed by atoms with E-state index in [0.717, 1.165) is 5.52 Å². The van der Waals surface area contributed by atoms with Crippen LogP contribution in [0.15, 0.2) is 17.7 Å². The number of fused-ring (bicyclic) bond motifs is 1. The molecule has 0 bridgehead atoms. The predicted octanol–water partition coefficient (Wildman–Crippen LogP) is -0.0697. The SMILES string of the molecule is NC(=O)CSc1nc2ncncc2[nH]1. The molecule has 0 unspecified atom stereocenters. The number of aromatic amines is 1. The summed E-state index contributed by atoms with van der Waals surface area (Å²) in [6.45, 7) is 0. The van der Waals surface area contributed by atoms with Crippen molar-refractivity contribution in [2.75, 3.05) is 5.75 Å². The minimum absolute atomic E-state index is 0.202. The number of primary amides is 1. The number of carbonyl (C=O) groups excluding carboxylic acids is 1. The Balaban J connectivity index is 2.22. The number of thioether (sulfide) groups is 1. The van der Waals surface area contributed by atoms with Crippen molar-refractivity contribution in [3.05, 3.63) is 12.5 Å². The van der Waals surface area contributed by atoms with Crippen LogP contribution in [0.3, 0.4) is 0 Å². The molecule has 3 N–H and O–H groups in total. The number of hydrogen-bond acceptors (Lipinski definition) is 5. The summed E-state index contributed by atoms with van der Waals surface area (Å²) >= 11 is 1.25. The Labute approximate surface area is 83.3 Å². The lowest BCUT2D eigenvalue weighted by Crippen LogP contribution is -2.13. The smallest absolute Gasteiger partial charge is 0.227 e. The molecule has 2 aromatic rings. The maximum Gasteiger partial charge on any atom is 0.227 e. The lowest BCUT2D eigenvalue weighted by molar-refractivity contribution is -0.115. The zero-order chi connectivity index (χ0) is 9.97. The molecule has 0 aliphatic rings. The molecule has 2 rings (SSSR count). The first-order chi connectivity index (χ1) is 6.75. The van der Waals surface area contributed by atoms with E-state index in [2.05, 4.69) is 19.9 Å². The number of nitrogens with one attached hydrogen (secondary N) is 1. The molecule has 0 saturated carbocycles. The Morgan fingerprint density at radius 1 is 1.64 bits per heavy atom. The van der Waals surface area contributed by atoms with E-state index in [-0.39, 0.29) is 11.7 Å². The summed E-state index contributed by atoms with van der Waals surface area (Å²) in [5.74, 6) is -0.172. The van der Waals surface area contributed by atoms with E-state index < -0.39 is 0 Å². The minimum Gasteiger partial charge on any atom is -0.369 e. The van der Waals surface area contributed by atoms with E-state index in [0.29, 0.717) is 10.8 Å². The standard InChI is InChI=1S/C7H7N5OS/c8-5(13)2-14-7-11-4-1-9-3-10-6(4)12-7/h1,3H,2H2,(H2,8,13)(H,9,10,11,12). The van der Waals surface area contributed by atoms with Gasteiger partial charge in [-0.1, -0.05) is 11.8 Å². The van der Waals surface area contributed by atoms with Gasteiger partial charge in [-0.25, -0.2) is 15.0 Å². The third kappa shape index (κ3) is 1.82. The van der Waals surface area contributed by atoms with Crippen LogP contribution in [0.2, 0.25) is 0 Å². The normalized spacial score (nSPS) is 10.6. The minimum atomic E-state index is -0.374. The van der Waals surface area contributed by atoms with Gasteiger partial charge in [-0.2, -0.15) is 0 Å². The fourth-order valence-electron chi connectivity index (χ4n) is 0.948. The second-order valence-electron chi connectivity index (χ2n) is 2.56. The van der Waals surface area contributed by atoms with Crippen molar-refractivity contribution in [1.29, 1.82) is 0 Å². The summed E-state index contributed by atoms with van der Waals surface area (Å²) in [5.41, 5.74) is 6.34. The number of H-pyrrole nitrogens is 1. The maximum atomic E-state index is 10.5. The van der Waals surface area contributed by atoms with Crippen LogP contribution in [0.25, 0.3) is 11.2 Å². The van der Waals surface area contributed by atoms with Crippen LogP contribution >= 0.6 is 11.8 Å². The molecule has 0 radical (unpaired) electrons. The third-order valence-corrected chi connectivity index (χ3v) is 2.39. The highest BCUT2D eigenvalue weighted by molar-refractivity contribution is 7.99. The quantitative estimate of drug-likeness (QED) is 0.689. The van der Waals surface area contributed by atoms with Gasteiger partial charge in [0.2, 0.25) is 5.91 Å². The Kier molecular flexibility index (Phi) is 2.32. The first-order valence-electron chi connectivity index (χ1n) is 3.82. The fourth-order valence-corrected chi connectivity index (χ4v) is 1.56. The van der Waals surface area contributed by atoms with E-state index in [1.807, 2.05) is 0 Å². The Morgan fingerprint density at radius 2 is 2.50 bits per heavy atom. The number of rotatable bonds is 3. The predicted molar refractivity (Wildman–Crippen MR) is 51.6 cm³/mol. The summed E-state index contributed by atoms with van der Waals surface area (Å²) in [4.78, 5) is 25.4. The van der Waals surface area contributed by atoms with Gasteiger partial charge in [-0.05, 0) is 0 Å². The van der Waals surface area contributed by atoms with Crippen molar-refractivity contribution in [3.8, 4) is 0 Å². The van der Waals surface area contributed by atoms with Crippen LogP contribution in [0, 0.1) is 0 Å². The Bertz CT molecular complexity index is 435. The van der Waals surface area contributed by atoms with Crippen LogP contribution < -0.4 is 5.73 Å². The van der Waals surface area contributed by atoms with Gasteiger partial charge in [0.25, 0.3) is 0 Å². The zero-order valence-corrected chi connectivity index (χ0v) is 7.91. The average Bonchev–Trinajstić information content (AvgIpc) is 2.57. The van der Waals surface area contributed by atoms with E-state index in [1.165, 1.54) is 18.1 Å². The van der Waals surface area contributed by atoms with Gasteiger partial charge in [-0.3, -0.25) is 4.79 Å². The molecule has 0 atom stereocenters. The van der Waals surface area contributed by atoms with Gasteiger partial charge >= 0.3 is 0 Å². The molecule has 1 amide bonds. The highest BCUT2D eigenvalue weighted by Crippen LogP contribution is 2.16. The van der Waals surface area contributed by atoms with Crippen LogP contribution in [0.4, 0.5) is 0 Å². The van der Waals surface area contributed by atoms with Crippen molar-refractivity contribution < 1.29 is 4.79 Å². The lowest BCUT2D eigenvalue weighted by atomic mass is 10.6. The second-order valence-corrected chi connectivity index (χ2v) is 3.52. The van der Waals surface area contributed by atoms with Crippen LogP contribution in [0.5, 0.6) is 0 Å². The molecule has 0 spiro atoms. The summed E-state index contributed by atoms with van der Waals surface area (Å²) in [6, 6.07) is 0. The number of hydrogen-bond donors (Lipinski definition) is 2. The lowest BCUT2D eigenvalue weighted by Gasteiger charge is -1.90. The summed E-state index contributed by atoms with van der Waals surface area (Å²) in [5, 5.41) is 0.624. The average molecular weight is 209 g/mol. The third-order valence-electron chi connectivity index (χ3n) is 1.49. The van der Waals surface area contributed by atoms with E-state index in [4.69, 9.17) is 5.73 Å². The van der Waals surface area contributed by atoms with Crippen LogP contribution in [-0.4, -0.2) is 31.6 Å². The highest BCUT2D eigenvalue weighted by atomic mass is 32.2. The topological polar surface area (TPSA) is 97.6 Å². The zero-order valence-electron chi connectivity index (χ0n) is 7.10. The molecule has 72 valence electrons. The molecule has 0 fully saturated rings. The van der Waals surface area contributed by atoms with Crippen molar-refractivity contribution in [3.63, 3.8) is 0 Å².